The lowest BCUT2D eigenvalue weighted by atomic mass is 10.3. The van der Waals surface area contributed by atoms with Crippen molar-refractivity contribution in [2.24, 2.45) is 0 Å². The molecule has 5 heteroatoms. The molecule has 0 spiro atoms. The molecule has 1 N–H and O–H groups in total. The Balaban J connectivity index is 1.64. The molecule has 4 aromatic heterocycles. The van der Waals surface area contributed by atoms with Gasteiger partial charge in [-0.25, -0.2) is 0 Å². The predicted octanol–water partition coefficient (Wildman–Crippen LogP) is 6.43. The molecule has 110 valence electrons. The molecular formula is C17H12OS4. The molecule has 0 aliphatic rings. The minimum Gasteiger partial charge on any atom is -0.391 e. The van der Waals surface area contributed by atoms with Crippen molar-refractivity contribution in [2.45, 2.75) is 6.61 Å². The van der Waals surface area contributed by atoms with Gasteiger partial charge in [0.1, 0.15) is 0 Å². The molecule has 0 saturated carbocycles. The van der Waals surface area contributed by atoms with Crippen LogP contribution in [0.4, 0.5) is 0 Å². The lowest BCUT2D eigenvalue weighted by Gasteiger charge is -1.92. The van der Waals surface area contributed by atoms with Gasteiger partial charge < -0.3 is 5.11 Å². The summed E-state index contributed by atoms with van der Waals surface area (Å²) in [5.74, 6) is 0. The standard InChI is InChI=1S/C17H12OS4/c18-10-11-3-4-14(20-11)15-7-8-17(22-15)16-6-5-13(21-16)12-2-1-9-19-12/h1-9,18H,10H2. The first-order chi connectivity index (χ1) is 10.8. The molecule has 0 aliphatic heterocycles. The van der Waals surface area contributed by atoms with Gasteiger partial charge in [0, 0.05) is 34.1 Å². The molecule has 4 aromatic rings. The summed E-state index contributed by atoms with van der Waals surface area (Å²) in [6.45, 7) is 0.123. The van der Waals surface area contributed by atoms with Crippen LogP contribution in [0, 0.1) is 0 Å². The van der Waals surface area contributed by atoms with Crippen LogP contribution >= 0.6 is 45.3 Å². The highest BCUT2D eigenvalue weighted by molar-refractivity contribution is 7.28. The van der Waals surface area contributed by atoms with Crippen molar-refractivity contribution >= 4 is 45.3 Å². The number of aliphatic hydroxyl groups excluding tert-OH is 1. The monoisotopic (exact) mass is 360 g/mol. The Kier molecular flexibility index (Phi) is 3.98. The zero-order valence-electron chi connectivity index (χ0n) is 11.5. The largest absolute Gasteiger partial charge is 0.391 e. The second-order valence-corrected chi connectivity index (χ2v) is 9.01. The van der Waals surface area contributed by atoms with Gasteiger partial charge in [0.25, 0.3) is 0 Å². The Bertz CT molecular complexity index is 879. The fourth-order valence-electron chi connectivity index (χ4n) is 2.22. The summed E-state index contributed by atoms with van der Waals surface area (Å²) in [5, 5.41) is 11.3. The first-order valence-corrected chi connectivity index (χ1v) is 10.1. The van der Waals surface area contributed by atoms with Gasteiger partial charge in [-0.1, -0.05) is 6.07 Å². The Morgan fingerprint density at radius 3 is 1.68 bits per heavy atom. The van der Waals surface area contributed by atoms with Gasteiger partial charge in [-0.2, -0.15) is 0 Å². The van der Waals surface area contributed by atoms with E-state index in [1.54, 1.807) is 22.7 Å². The number of rotatable bonds is 4. The van der Waals surface area contributed by atoms with Gasteiger partial charge in [0.2, 0.25) is 0 Å². The SMILES string of the molecule is OCc1ccc(-c2ccc(-c3ccc(-c4cccs4)s3)s2)s1. The molecule has 0 atom stereocenters. The van der Waals surface area contributed by atoms with Gasteiger partial charge >= 0.3 is 0 Å². The van der Waals surface area contributed by atoms with Crippen LogP contribution in [-0.4, -0.2) is 5.11 Å². The molecule has 0 bridgehead atoms. The molecule has 22 heavy (non-hydrogen) atoms. The van der Waals surface area contributed by atoms with E-state index in [2.05, 4.69) is 47.8 Å². The van der Waals surface area contributed by atoms with Crippen LogP contribution in [-0.2, 0) is 6.61 Å². The molecule has 1 nitrogen and oxygen atoms in total. The maximum absolute atomic E-state index is 9.19. The van der Waals surface area contributed by atoms with Crippen LogP contribution in [0.25, 0.3) is 29.3 Å². The maximum Gasteiger partial charge on any atom is 0.0774 e. The smallest absolute Gasteiger partial charge is 0.0774 e. The van der Waals surface area contributed by atoms with Crippen molar-refractivity contribution in [2.75, 3.05) is 0 Å². The van der Waals surface area contributed by atoms with E-state index in [0.29, 0.717) is 0 Å². The molecular weight excluding hydrogens is 348 g/mol. The summed E-state index contributed by atoms with van der Waals surface area (Å²) < 4.78 is 0. The van der Waals surface area contributed by atoms with E-state index in [9.17, 15) is 5.11 Å². The molecule has 0 unspecified atom stereocenters. The van der Waals surface area contributed by atoms with E-state index < -0.39 is 0 Å². The van der Waals surface area contributed by atoms with Crippen molar-refractivity contribution in [3.8, 4) is 29.3 Å². The minimum atomic E-state index is 0.123. The average Bonchev–Trinajstić information content (AvgIpc) is 3.33. The van der Waals surface area contributed by atoms with Crippen LogP contribution in [0.3, 0.4) is 0 Å². The van der Waals surface area contributed by atoms with E-state index in [1.807, 2.05) is 28.7 Å². The van der Waals surface area contributed by atoms with Crippen molar-refractivity contribution in [3.05, 3.63) is 58.8 Å². The fraction of sp³-hybridized carbons (Fsp3) is 0.0588. The first-order valence-electron chi connectivity index (χ1n) is 6.77. The third-order valence-electron chi connectivity index (χ3n) is 3.28. The van der Waals surface area contributed by atoms with Gasteiger partial charge in [0.05, 0.1) is 6.61 Å². The summed E-state index contributed by atoms with van der Waals surface area (Å²) in [4.78, 5) is 8.81. The third kappa shape index (κ3) is 2.71. The molecule has 4 rings (SSSR count). The summed E-state index contributed by atoms with van der Waals surface area (Å²) in [5.41, 5.74) is 0. The average molecular weight is 361 g/mol. The molecule has 0 aliphatic carbocycles. The summed E-state index contributed by atoms with van der Waals surface area (Å²) in [7, 11) is 0. The number of hydrogen-bond acceptors (Lipinski definition) is 5. The Morgan fingerprint density at radius 2 is 1.18 bits per heavy atom. The van der Waals surface area contributed by atoms with E-state index in [4.69, 9.17) is 0 Å². The number of aliphatic hydroxyl groups is 1. The summed E-state index contributed by atoms with van der Waals surface area (Å²) in [6, 6.07) is 17.2. The van der Waals surface area contributed by atoms with E-state index >= 15 is 0 Å². The highest BCUT2D eigenvalue weighted by Crippen LogP contribution is 2.42. The second-order valence-electron chi connectivity index (χ2n) is 4.73. The summed E-state index contributed by atoms with van der Waals surface area (Å²) in [6.07, 6.45) is 0. The zero-order chi connectivity index (χ0) is 14.9. The van der Waals surface area contributed by atoms with Crippen LogP contribution < -0.4 is 0 Å². The maximum atomic E-state index is 9.19. The predicted molar refractivity (Wildman–Crippen MR) is 100 cm³/mol. The van der Waals surface area contributed by atoms with Crippen LogP contribution in [0.15, 0.2) is 53.9 Å². The molecule has 0 radical (unpaired) electrons. The van der Waals surface area contributed by atoms with Gasteiger partial charge in [-0.15, -0.1) is 45.3 Å². The highest BCUT2D eigenvalue weighted by Gasteiger charge is 2.10. The number of hydrogen-bond donors (Lipinski definition) is 1. The van der Waals surface area contributed by atoms with Crippen molar-refractivity contribution in [1.29, 1.82) is 0 Å². The molecule has 0 amide bonds. The van der Waals surface area contributed by atoms with E-state index in [1.165, 1.54) is 29.3 Å². The Morgan fingerprint density at radius 1 is 0.636 bits per heavy atom. The van der Waals surface area contributed by atoms with Crippen LogP contribution in [0.1, 0.15) is 4.88 Å². The fourth-order valence-corrected chi connectivity index (χ4v) is 6.11. The molecule has 0 saturated heterocycles. The van der Waals surface area contributed by atoms with Crippen molar-refractivity contribution < 1.29 is 5.11 Å². The van der Waals surface area contributed by atoms with Gasteiger partial charge in [-0.05, 0) is 47.8 Å². The van der Waals surface area contributed by atoms with Gasteiger partial charge in [0.15, 0.2) is 0 Å². The zero-order valence-corrected chi connectivity index (χ0v) is 14.7. The summed E-state index contributed by atoms with van der Waals surface area (Å²) >= 11 is 7.11. The van der Waals surface area contributed by atoms with E-state index in [0.717, 1.165) is 4.88 Å². The lowest BCUT2D eigenvalue weighted by molar-refractivity contribution is 0.285. The molecule has 4 heterocycles. The molecule has 0 aromatic carbocycles. The second kappa shape index (κ2) is 6.10. The van der Waals surface area contributed by atoms with Crippen molar-refractivity contribution in [1.82, 2.24) is 0 Å². The normalized spacial score (nSPS) is 11.1. The van der Waals surface area contributed by atoms with Crippen LogP contribution in [0.5, 0.6) is 0 Å². The minimum absolute atomic E-state index is 0.123. The Labute approximate surface area is 144 Å². The Hall–Kier alpha value is -1.24. The van der Waals surface area contributed by atoms with Crippen LogP contribution in [0.2, 0.25) is 0 Å². The van der Waals surface area contributed by atoms with E-state index in [-0.39, 0.29) is 6.61 Å². The lowest BCUT2D eigenvalue weighted by Crippen LogP contribution is -1.69. The first kappa shape index (κ1) is 14.4. The van der Waals surface area contributed by atoms with Gasteiger partial charge in [-0.3, -0.25) is 0 Å². The topological polar surface area (TPSA) is 20.2 Å². The van der Waals surface area contributed by atoms with Crippen molar-refractivity contribution in [3.63, 3.8) is 0 Å². The quantitative estimate of drug-likeness (QED) is 0.445. The highest BCUT2D eigenvalue weighted by atomic mass is 32.1. The third-order valence-corrected chi connectivity index (χ3v) is 7.98. The number of thiophene rings is 4. The molecule has 0 fully saturated rings.